The van der Waals surface area contributed by atoms with Gasteiger partial charge in [0.1, 0.15) is 0 Å². The van der Waals surface area contributed by atoms with E-state index < -0.39 is 10.2 Å². The molecular formula is C15H29N3O3S. The molecule has 1 aliphatic heterocycles. The van der Waals surface area contributed by atoms with Crippen molar-refractivity contribution < 1.29 is 13.2 Å². The van der Waals surface area contributed by atoms with Gasteiger partial charge in [0.15, 0.2) is 0 Å². The molecule has 0 unspecified atom stereocenters. The van der Waals surface area contributed by atoms with Crippen molar-refractivity contribution in [3.8, 4) is 0 Å². The molecule has 22 heavy (non-hydrogen) atoms. The lowest BCUT2D eigenvalue weighted by molar-refractivity contribution is -0.126. The van der Waals surface area contributed by atoms with Gasteiger partial charge in [0.05, 0.1) is 0 Å². The quantitative estimate of drug-likeness (QED) is 0.823. The first-order valence-electron chi connectivity index (χ1n) is 8.36. The summed E-state index contributed by atoms with van der Waals surface area (Å²) in [4.78, 5) is 12.2. The van der Waals surface area contributed by atoms with Crippen LogP contribution in [0.5, 0.6) is 0 Å². The van der Waals surface area contributed by atoms with Gasteiger partial charge in [-0.2, -0.15) is 17.0 Å². The number of hydrogen-bond donors (Lipinski definition) is 1. The third-order valence-electron chi connectivity index (χ3n) is 4.90. The van der Waals surface area contributed by atoms with Crippen LogP contribution in [-0.2, 0) is 15.0 Å². The Morgan fingerprint density at radius 2 is 1.68 bits per heavy atom. The van der Waals surface area contributed by atoms with Gasteiger partial charge >= 0.3 is 0 Å². The fourth-order valence-corrected chi connectivity index (χ4v) is 4.49. The minimum Gasteiger partial charge on any atom is -0.356 e. The van der Waals surface area contributed by atoms with E-state index in [1.165, 1.54) is 54.8 Å². The average molecular weight is 331 g/mol. The van der Waals surface area contributed by atoms with Gasteiger partial charge in [-0.1, -0.05) is 19.3 Å². The molecule has 0 bridgehead atoms. The molecule has 1 aliphatic carbocycles. The Morgan fingerprint density at radius 1 is 1.09 bits per heavy atom. The first-order valence-corrected chi connectivity index (χ1v) is 9.76. The number of piperidine rings is 1. The minimum absolute atomic E-state index is 0.0443. The molecular weight excluding hydrogens is 302 g/mol. The maximum atomic E-state index is 12.2. The van der Waals surface area contributed by atoms with E-state index in [2.05, 4.69) is 5.32 Å². The zero-order valence-corrected chi connectivity index (χ0v) is 14.6. The molecule has 1 N–H and O–H groups in total. The molecule has 2 aliphatic rings. The lowest BCUT2D eigenvalue weighted by Crippen LogP contribution is -2.47. The minimum atomic E-state index is -3.34. The molecule has 1 heterocycles. The average Bonchev–Trinajstić information content (AvgIpc) is 2.53. The van der Waals surface area contributed by atoms with Crippen molar-refractivity contribution in [3.63, 3.8) is 0 Å². The fourth-order valence-electron chi connectivity index (χ4n) is 3.36. The van der Waals surface area contributed by atoms with E-state index in [0.29, 0.717) is 31.8 Å². The molecule has 0 aromatic carbocycles. The van der Waals surface area contributed by atoms with E-state index in [4.69, 9.17) is 0 Å². The number of carbonyl (C=O) groups is 1. The molecule has 2 fully saturated rings. The van der Waals surface area contributed by atoms with Gasteiger partial charge in [-0.05, 0) is 31.6 Å². The molecule has 0 spiro atoms. The summed E-state index contributed by atoms with van der Waals surface area (Å²) in [6, 6.07) is 0. The van der Waals surface area contributed by atoms with Crippen LogP contribution in [0.25, 0.3) is 0 Å². The zero-order valence-electron chi connectivity index (χ0n) is 13.8. The van der Waals surface area contributed by atoms with Crippen LogP contribution in [0.3, 0.4) is 0 Å². The third-order valence-corrected chi connectivity index (χ3v) is 6.84. The zero-order chi connectivity index (χ0) is 16.2. The predicted molar refractivity (Wildman–Crippen MR) is 86.5 cm³/mol. The summed E-state index contributed by atoms with van der Waals surface area (Å²) in [5.74, 6) is 0.691. The lowest BCUT2D eigenvalue weighted by atomic mass is 9.89. The molecule has 1 saturated heterocycles. The maximum Gasteiger partial charge on any atom is 0.281 e. The number of hydrogen-bond acceptors (Lipinski definition) is 3. The second-order valence-corrected chi connectivity index (χ2v) is 8.86. The van der Waals surface area contributed by atoms with Crippen molar-refractivity contribution in [1.29, 1.82) is 0 Å². The number of carbonyl (C=O) groups excluding carboxylic acids is 1. The van der Waals surface area contributed by atoms with Crippen LogP contribution in [0, 0.1) is 11.8 Å². The molecule has 1 amide bonds. The number of nitrogens with one attached hydrogen (secondary N) is 1. The summed E-state index contributed by atoms with van der Waals surface area (Å²) < 4.78 is 26.8. The smallest absolute Gasteiger partial charge is 0.281 e. The second-order valence-electron chi connectivity index (χ2n) is 6.71. The van der Waals surface area contributed by atoms with E-state index in [0.717, 1.165) is 6.54 Å². The van der Waals surface area contributed by atoms with Gasteiger partial charge in [0.2, 0.25) is 5.91 Å². The van der Waals surface area contributed by atoms with Gasteiger partial charge < -0.3 is 5.32 Å². The van der Waals surface area contributed by atoms with Crippen LogP contribution >= 0.6 is 0 Å². The Kier molecular flexibility index (Phi) is 6.23. The predicted octanol–water partition coefficient (Wildman–Crippen LogP) is 1.20. The maximum absolute atomic E-state index is 12.2. The Labute approximate surface area is 134 Å². The largest absolute Gasteiger partial charge is 0.356 e. The molecule has 0 aromatic rings. The van der Waals surface area contributed by atoms with Crippen LogP contribution in [0.2, 0.25) is 0 Å². The molecule has 0 radical (unpaired) electrons. The van der Waals surface area contributed by atoms with E-state index in [1.54, 1.807) is 0 Å². The SMILES string of the molecule is CN(C)S(=O)(=O)N1CCC(C(=O)NCC2CCCCC2)CC1. The van der Waals surface area contributed by atoms with Crippen molar-refractivity contribution in [2.45, 2.75) is 44.9 Å². The van der Waals surface area contributed by atoms with Crippen molar-refractivity contribution in [1.82, 2.24) is 13.9 Å². The van der Waals surface area contributed by atoms with E-state index in [1.807, 2.05) is 0 Å². The third kappa shape index (κ3) is 4.43. The van der Waals surface area contributed by atoms with E-state index in [-0.39, 0.29) is 11.8 Å². The highest BCUT2D eigenvalue weighted by Gasteiger charge is 2.32. The molecule has 0 aromatic heterocycles. The number of amides is 1. The number of rotatable bonds is 5. The van der Waals surface area contributed by atoms with Crippen LogP contribution in [0.1, 0.15) is 44.9 Å². The van der Waals surface area contributed by atoms with Crippen LogP contribution < -0.4 is 5.32 Å². The van der Waals surface area contributed by atoms with Crippen molar-refractivity contribution >= 4 is 16.1 Å². The Hall–Kier alpha value is -0.660. The second kappa shape index (κ2) is 7.75. The Morgan fingerprint density at radius 3 is 2.23 bits per heavy atom. The number of nitrogens with zero attached hydrogens (tertiary/aromatic N) is 2. The van der Waals surface area contributed by atoms with Crippen LogP contribution in [0.15, 0.2) is 0 Å². The van der Waals surface area contributed by atoms with Gasteiger partial charge in [0.25, 0.3) is 10.2 Å². The highest BCUT2D eigenvalue weighted by molar-refractivity contribution is 7.86. The molecule has 6 nitrogen and oxygen atoms in total. The lowest BCUT2D eigenvalue weighted by Gasteiger charge is -2.32. The summed E-state index contributed by atoms with van der Waals surface area (Å²) in [6.07, 6.45) is 7.55. The normalized spacial score (nSPS) is 22.9. The first kappa shape index (κ1) is 17.7. The summed E-state index contributed by atoms with van der Waals surface area (Å²) >= 11 is 0. The summed E-state index contributed by atoms with van der Waals surface area (Å²) in [5.41, 5.74) is 0. The summed E-state index contributed by atoms with van der Waals surface area (Å²) in [7, 11) is -0.264. The van der Waals surface area contributed by atoms with E-state index in [9.17, 15) is 13.2 Å². The van der Waals surface area contributed by atoms with E-state index >= 15 is 0 Å². The van der Waals surface area contributed by atoms with Crippen LogP contribution in [0.4, 0.5) is 0 Å². The fraction of sp³-hybridized carbons (Fsp3) is 0.933. The van der Waals surface area contributed by atoms with Gasteiger partial charge in [0, 0.05) is 39.6 Å². The van der Waals surface area contributed by atoms with Crippen LogP contribution in [-0.4, -0.2) is 56.7 Å². The summed E-state index contributed by atoms with van der Waals surface area (Å²) in [6.45, 7) is 1.65. The molecule has 7 heteroatoms. The highest BCUT2D eigenvalue weighted by Crippen LogP contribution is 2.24. The Bertz CT molecular complexity index is 464. The molecule has 0 atom stereocenters. The Balaban J connectivity index is 1.75. The van der Waals surface area contributed by atoms with Gasteiger partial charge in [-0.25, -0.2) is 0 Å². The van der Waals surface area contributed by atoms with Crippen molar-refractivity contribution in [2.24, 2.45) is 11.8 Å². The standard InChI is InChI=1S/C15H29N3O3S/c1-17(2)22(20,21)18-10-8-14(9-11-18)15(19)16-12-13-6-4-3-5-7-13/h13-14H,3-12H2,1-2H3,(H,16,19). The monoisotopic (exact) mass is 331 g/mol. The molecule has 1 saturated carbocycles. The van der Waals surface area contributed by atoms with Crippen molar-refractivity contribution in [3.05, 3.63) is 0 Å². The summed E-state index contributed by atoms with van der Waals surface area (Å²) in [5, 5.41) is 3.08. The van der Waals surface area contributed by atoms with Gasteiger partial charge in [-0.3, -0.25) is 4.79 Å². The molecule has 128 valence electrons. The highest BCUT2D eigenvalue weighted by atomic mass is 32.2. The first-order chi connectivity index (χ1) is 10.4. The molecule has 2 rings (SSSR count). The van der Waals surface area contributed by atoms with Crippen molar-refractivity contribution in [2.75, 3.05) is 33.7 Å². The topological polar surface area (TPSA) is 69.7 Å². The van der Waals surface area contributed by atoms with Gasteiger partial charge in [-0.15, -0.1) is 0 Å².